The maximum atomic E-state index is 11.9. The number of allylic oxidation sites excluding steroid dienone is 4. The van der Waals surface area contributed by atoms with E-state index in [1.165, 1.54) is 31.3 Å². The first-order valence-corrected chi connectivity index (χ1v) is 13.6. The van der Waals surface area contributed by atoms with E-state index in [2.05, 4.69) is 44.7 Å². The van der Waals surface area contributed by atoms with Gasteiger partial charge in [0.2, 0.25) is 0 Å². The lowest BCUT2D eigenvalue weighted by atomic mass is 9.61. The predicted molar refractivity (Wildman–Crippen MR) is 136 cm³/mol. The van der Waals surface area contributed by atoms with Crippen molar-refractivity contribution in [3.05, 3.63) is 47.6 Å². The molecule has 0 aromatic heterocycles. The first kappa shape index (κ1) is 25.4. The minimum Gasteiger partial charge on any atom is -0.458 e. The quantitative estimate of drug-likeness (QED) is 0.352. The highest BCUT2D eigenvalue weighted by atomic mass is 16.5. The van der Waals surface area contributed by atoms with E-state index >= 15 is 0 Å². The number of rotatable bonds is 7. The molecule has 0 aromatic rings. The number of hydrogen-bond donors (Lipinski definition) is 2. The molecular formula is C30H44O4. The predicted octanol–water partition coefficient (Wildman–Crippen LogP) is 6.05. The molecule has 0 bridgehead atoms. The number of aliphatic hydroxyl groups excluding tert-OH is 2. The second-order valence-corrected chi connectivity index (χ2v) is 11.6. The summed E-state index contributed by atoms with van der Waals surface area (Å²) in [5.41, 5.74) is 3.56. The molecule has 34 heavy (non-hydrogen) atoms. The van der Waals surface area contributed by atoms with Crippen LogP contribution in [0.25, 0.3) is 0 Å². The summed E-state index contributed by atoms with van der Waals surface area (Å²) in [6, 6.07) is 0. The van der Waals surface area contributed by atoms with Gasteiger partial charge in [0.15, 0.2) is 0 Å². The molecular weight excluding hydrogens is 424 g/mol. The number of esters is 1. The summed E-state index contributed by atoms with van der Waals surface area (Å²) in [5.74, 6) is 2.08. The molecule has 4 heteroatoms. The number of ether oxygens (including phenoxy) is 1. The van der Waals surface area contributed by atoms with Gasteiger partial charge in [-0.3, -0.25) is 4.79 Å². The highest BCUT2D eigenvalue weighted by Crippen LogP contribution is 2.59. The van der Waals surface area contributed by atoms with Crippen molar-refractivity contribution >= 4 is 5.97 Å². The fourth-order valence-corrected chi connectivity index (χ4v) is 6.98. The summed E-state index contributed by atoms with van der Waals surface area (Å²) in [5, 5.41) is 20.3. The van der Waals surface area contributed by atoms with Gasteiger partial charge in [0, 0.05) is 12.8 Å². The van der Waals surface area contributed by atoms with Crippen molar-refractivity contribution in [2.75, 3.05) is 0 Å². The summed E-state index contributed by atoms with van der Waals surface area (Å²) in [6.07, 6.45) is 17.5. The van der Waals surface area contributed by atoms with Crippen molar-refractivity contribution in [1.82, 2.24) is 0 Å². The number of aliphatic hydroxyl groups is 2. The molecule has 7 atom stereocenters. The minimum atomic E-state index is -0.635. The Balaban J connectivity index is 1.46. The number of carbonyl (C=O) groups is 1. The van der Waals surface area contributed by atoms with Crippen LogP contribution in [-0.4, -0.2) is 34.5 Å². The second-order valence-electron chi connectivity index (χ2n) is 11.6. The molecule has 4 aliphatic rings. The Labute approximate surface area is 205 Å². The van der Waals surface area contributed by atoms with Crippen LogP contribution in [0.1, 0.15) is 85.0 Å². The molecule has 0 saturated heterocycles. The summed E-state index contributed by atoms with van der Waals surface area (Å²) < 4.78 is 5.71. The molecule has 0 radical (unpaired) electrons. The van der Waals surface area contributed by atoms with Crippen molar-refractivity contribution in [1.29, 1.82) is 0 Å². The molecule has 188 valence electrons. The minimum absolute atomic E-state index is 0.0531. The zero-order chi connectivity index (χ0) is 24.5. The molecule has 4 fully saturated rings. The summed E-state index contributed by atoms with van der Waals surface area (Å²) in [6.45, 7) is 10.8. The van der Waals surface area contributed by atoms with Crippen LogP contribution in [-0.2, 0) is 9.53 Å². The van der Waals surface area contributed by atoms with Crippen LogP contribution < -0.4 is 0 Å². The average molecular weight is 469 g/mol. The van der Waals surface area contributed by atoms with E-state index in [-0.39, 0.29) is 17.5 Å². The molecule has 0 heterocycles. The molecule has 4 rings (SSSR count). The van der Waals surface area contributed by atoms with Gasteiger partial charge >= 0.3 is 5.97 Å². The Hall–Kier alpha value is -1.65. The fourth-order valence-electron chi connectivity index (χ4n) is 6.98. The van der Waals surface area contributed by atoms with Gasteiger partial charge in [-0.05, 0) is 97.7 Å². The van der Waals surface area contributed by atoms with Gasteiger partial charge in [-0.25, -0.2) is 0 Å². The molecule has 0 aliphatic heterocycles. The lowest BCUT2D eigenvalue weighted by Crippen LogP contribution is -2.35. The summed E-state index contributed by atoms with van der Waals surface area (Å²) in [7, 11) is 0. The zero-order valence-electron chi connectivity index (χ0n) is 21.3. The molecule has 0 aromatic carbocycles. The van der Waals surface area contributed by atoms with Crippen LogP contribution in [0.15, 0.2) is 47.6 Å². The van der Waals surface area contributed by atoms with Crippen molar-refractivity contribution in [3.63, 3.8) is 0 Å². The van der Waals surface area contributed by atoms with Crippen molar-refractivity contribution in [2.45, 2.75) is 103 Å². The van der Waals surface area contributed by atoms with Crippen LogP contribution in [0.3, 0.4) is 0 Å². The first-order chi connectivity index (χ1) is 16.2. The van der Waals surface area contributed by atoms with Gasteiger partial charge in [-0.1, -0.05) is 51.2 Å². The molecule has 0 unspecified atom stereocenters. The third kappa shape index (κ3) is 5.44. The fraction of sp³-hybridized carbons (Fsp3) is 0.700. The zero-order valence-corrected chi connectivity index (χ0v) is 21.3. The van der Waals surface area contributed by atoms with Crippen LogP contribution >= 0.6 is 0 Å². The van der Waals surface area contributed by atoms with E-state index in [1.54, 1.807) is 0 Å². The molecule has 4 saturated carbocycles. The van der Waals surface area contributed by atoms with Gasteiger partial charge in [0.1, 0.15) is 6.10 Å². The summed E-state index contributed by atoms with van der Waals surface area (Å²) >= 11 is 0. The van der Waals surface area contributed by atoms with Crippen LogP contribution in [0.5, 0.6) is 0 Å². The highest BCUT2D eigenvalue weighted by molar-refractivity contribution is 5.69. The first-order valence-electron chi connectivity index (χ1n) is 13.6. The maximum Gasteiger partial charge on any atom is 0.306 e. The molecule has 0 amide bonds. The third-order valence-corrected chi connectivity index (χ3v) is 9.18. The topological polar surface area (TPSA) is 66.8 Å². The van der Waals surface area contributed by atoms with Gasteiger partial charge in [-0.2, -0.15) is 0 Å². The van der Waals surface area contributed by atoms with Crippen LogP contribution in [0.2, 0.25) is 0 Å². The van der Waals surface area contributed by atoms with E-state index in [0.717, 1.165) is 30.4 Å². The number of hydrogen-bond acceptors (Lipinski definition) is 4. The Morgan fingerprint density at radius 2 is 1.97 bits per heavy atom. The lowest BCUT2D eigenvalue weighted by Gasteiger charge is -2.44. The SMILES string of the molecule is C=C1/C(=C\C=C2/CCC[C@]3(C)[C@@H]([C@H](C)/C=C/[C@@H](OC(=O)CC)C4CC4)CC[C@@H]23)C[C@@H](O)C[C@@H]1O. The van der Waals surface area contributed by atoms with Gasteiger partial charge in [-0.15, -0.1) is 0 Å². The normalized spacial score (nSPS) is 38.3. The van der Waals surface area contributed by atoms with Crippen molar-refractivity contribution < 1.29 is 19.7 Å². The smallest absolute Gasteiger partial charge is 0.306 e. The molecule has 0 spiro atoms. The number of carbonyl (C=O) groups excluding carboxylic acids is 1. The molecule has 4 nitrogen and oxygen atoms in total. The monoisotopic (exact) mass is 468 g/mol. The largest absolute Gasteiger partial charge is 0.458 e. The van der Waals surface area contributed by atoms with Gasteiger partial charge in [0.25, 0.3) is 0 Å². The average Bonchev–Trinajstić information content (AvgIpc) is 3.58. The lowest BCUT2D eigenvalue weighted by molar-refractivity contribution is -0.147. The Bertz CT molecular complexity index is 863. The van der Waals surface area contributed by atoms with Crippen LogP contribution in [0, 0.1) is 29.1 Å². The van der Waals surface area contributed by atoms with Crippen LogP contribution in [0.4, 0.5) is 0 Å². The number of fused-ring (bicyclic) bond motifs is 1. The Morgan fingerprint density at radius 1 is 1.21 bits per heavy atom. The van der Waals surface area contributed by atoms with Gasteiger partial charge in [0.05, 0.1) is 12.2 Å². The van der Waals surface area contributed by atoms with E-state index in [9.17, 15) is 15.0 Å². The van der Waals surface area contributed by atoms with E-state index in [0.29, 0.717) is 42.9 Å². The molecule has 4 aliphatic carbocycles. The molecule has 2 N–H and O–H groups in total. The van der Waals surface area contributed by atoms with E-state index < -0.39 is 12.2 Å². The van der Waals surface area contributed by atoms with E-state index in [1.807, 2.05) is 6.92 Å². The van der Waals surface area contributed by atoms with Crippen molar-refractivity contribution in [3.8, 4) is 0 Å². The van der Waals surface area contributed by atoms with Crippen molar-refractivity contribution in [2.24, 2.45) is 29.1 Å². The summed E-state index contributed by atoms with van der Waals surface area (Å²) in [4.78, 5) is 11.9. The van der Waals surface area contributed by atoms with Gasteiger partial charge < -0.3 is 14.9 Å². The Morgan fingerprint density at radius 3 is 2.68 bits per heavy atom. The highest BCUT2D eigenvalue weighted by Gasteiger charge is 2.50. The standard InChI is InChI=1S/C30H44O4/c1-5-29(33)34-28(22-10-11-22)15-8-19(2)25-13-14-26-21(7-6-16-30(25,26)4)9-12-23-17-24(31)18-27(32)20(23)3/h8-9,12,15,19,22,24-28,31-32H,3,5-7,10-11,13-14,16-18H2,1-2,4H3/b15-8+,21-9+,23-12-/t19-,24-,25-,26+,27+,28-,30-/m1/s1. The second kappa shape index (κ2) is 10.5. The maximum absolute atomic E-state index is 11.9. The third-order valence-electron chi connectivity index (χ3n) is 9.18. The Kier molecular flexibility index (Phi) is 7.89. The van der Waals surface area contributed by atoms with E-state index in [4.69, 9.17) is 4.74 Å².